The van der Waals surface area contributed by atoms with Crippen molar-refractivity contribution < 1.29 is 23.0 Å². The van der Waals surface area contributed by atoms with Crippen molar-refractivity contribution in [1.29, 1.82) is 0 Å². The molecule has 0 N–H and O–H groups in total. The minimum Gasteiger partial charge on any atom is -0.493 e. The van der Waals surface area contributed by atoms with Crippen LogP contribution < -0.4 is 9.64 Å². The number of amides is 1. The predicted octanol–water partition coefficient (Wildman–Crippen LogP) is 3.76. The Morgan fingerprint density at radius 3 is 2.22 bits per heavy atom. The molecule has 0 spiro atoms. The molecule has 2 aliphatic heterocycles. The Balaban J connectivity index is 1.59. The van der Waals surface area contributed by atoms with Gasteiger partial charge in [0.05, 0.1) is 6.61 Å². The van der Waals surface area contributed by atoms with E-state index in [1.807, 2.05) is 11.8 Å². The molecule has 0 aliphatic carbocycles. The van der Waals surface area contributed by atoms with Crippen LogP contribution in [0.3, 0.4) is 0 Å². The van der Waals surface area contributed by atoms with Crippen LogP contribution in [0.2, 0.25) is 0 Å². The van der Waals surface area contributed by atoms with Crippen LogP contribution in [-0.2, 0) is 4.74 Å². The van der Waals surface area contributed by atoms with E-state index >= 15 is 0 Å². The average Bonchev–Trinajstić information content (AvgIpc) is 2.52. The lowest BCUT2D eigenvalue weighted by molar-refractivity contribution is 0.0240. The van der Waals surface area contributed by atoms with E-state index < -0.39 is 23.3 Å². The average molecular weight is 400 g/mol. The summed E-state index contributed by atoms with van der Waals surface area (Å²) in [5.74, 6) is 1.47. The third-order valence-corrected chi connectivity index (χ3v) is 5.85. The molecular formula is C19H26F2N2O3S. The fourth-order valence-electron chi connectivity index (χ4n) is 2.96. The number of hydrogen-bond acceptors (Lipinski definition) is 5. The third-order valence-electron chi connectivity index (χ3n) is 4.43. The molecule has 2 heterocycles. The van der Waals surface area contributed by atoms with Gasteiger partial charge in [0.25, 0.3) is 0 Å². The van der Waals surface area contributed by atoms with Gasteiger partial charge in [-0.3, -0.25) is 0 Å². The first kappa shape index (κ1) is 20.0. The van der Waals surface area contributed by atoms with E-state index in [9.17, 15) is 13.6 Å². The molecule has 0 saturated carbocycles. The maximum absolute atomic E-state index is 14.5. The lowest BCUT2D eigenvalue weighted by Crippen LogP contribution is -2.50. The largest absolute Gasteiger partial charge is 0.493 e. The number of anilines is 1. The van der Waals surface area contributed by atoms with Gasteiger partial charge in [0.2, 0.25) is 0 Å². The molecule has 0 unspecified atom stereocenters. The molecule has 2 fully saturated rings. The second-order valence-corrected chi connectivity index (χ2v) is 8.98. The number of carbonyl (C=O) groups excluding carboxylic acids is 1. The number of hydrogen-bond donors (Lipinski definition) is 0. The number of nitrogens with zero attached hydrogens (tertiary/aromatic N) is 2. The van der Waals surface area contributed by atoms with Crippen LogP contribution in [0.4, 0.5) is 19.3 Å². The minimum absolute atomic E-state index is 0.0645. The highest BCUT2D eigenvalue weighted by Crippen LogP contribution is 2.31. The number of ether oxygens (including phenoxy) is 2. The zero-order valence-electron chi connectivity index (χ0n) is 16.0. The third kappa shape index (κ3) is 5.18. The summed E-state index contributed by atoms with van der Waals surface area (Å²) in [7, 11) is 0. The second-order valence-electron chi connectivity index (χ2n) is 7.90. The van der Waals surface area contributed by atoms with Gasteiger partial charge < -0.3 is 19.3 Å². The van der Waals surface area contributed by atoms with Crippen molar-refractivity contribution in [3.05, 3.63) is 23.8 Å². The van der Waals surface area contributed by atoms with Gasteiger partial charge in [-0.15, -0.1) is 0 Å². The number of halogens is 2. The standard InChI is InChI=1S/C19H26F2N2O3S/c1-19(2,3)26-18(24)23-6-4-22(5-7-23)17-15(20)8-14(9-16(17)21)25-10-13-11-27-12-13/h8-9,13H,4-7,10-12H2,1-3H3. The normalized spacial score (nSPS) is 18.3. The van der Waals surface area contributed by atoms with Gasteiger partial charge in [-0.2, -0.15) is 11.8 Å². The summed E-state index contributed by atoms with van der Waals surface area (Å²) in [5, 5.41) is 0. The number of carbonyl (C=O) groups is 1. The van der Waals surface area contributed by atoms with Gasteiger partial charge >= 0.3 is 6.09 Å². The molecule has 27 heavy (non-hydrogen) atoms. The van der Waals surface area contributed by atoms with Crippen molar-refractivity contribution >= 4 is 23.5 Å². The molecule has 1 aromatic carbocycles. The smallest absolute Gasteiger partial charge is 0.410 e. The van der Waals surface area contributed by atoms with E-state index in [0.29, 0.717) is 38.7 Å². The summed E-state index contributed by atoms with van der Waals surface area (Å²) in [6.07, 6.45) is -0.402. The highest BCUT2D eigenvalue weighted by atomic mass is 32.2. The number of rotatable bonds is 4. The van der Waals surface area contributed by atoms with Crippen LogP contribution in [-0.4, -0.2) is 60.9 Å². The van der Waals surface area contributed by atoms with Crippen LogP contribution >= 0.6 is 11.8 Å². The predicted molar refractivity (Wildman–Crippen MR) is 103 cm³/mol. The Morgan fingerprint density at radius 1 is 1.15 bits per heavy atom. The minimum atomic E-state index is -0.640. The SMILES string of the molecule is CC(C)(C)OC(=O)N1CCN(c2c(F)cc(OCC3CSC3)cc2F)CC1. The Morgan fingerprint density at radius 2 is 1.74 bits per heavy atom. The van der Waals surface area contributed by atoms with Crippen molar-refractivity contribution in [2.24, 2.45) is 5.92 Å². The Bertz CT molecular complexity index is 661. The van der Waals surface area contributed by atoms with E-state index in [1.165, 1.54) is 12.1 Å². The molecule has 1 amide bonds. The Hall–Kier alpha value is -1.70. The van der Waals surface area contributed by atoms with E-state index in [1.54, 1.807) is 30.6 Å². The zero-order chi connectivity index (χ0) is 19.6. The molecular weight excluding hydrogens is 374 g/mol. The number of piperazine rings is 1. The summed E-state index contributed by atoms with van der Waals surface area (Å²) < 4.78 is 39.9. The lowest BCUT2D eigenvalue weighted by Gasteiger charge is -2.37. The molecule has 2 saturated heterocycles. The van der Waals surface area contributed by atoms with Crippen LogP contribution in [0, 0.1) is 17.6 Å². The van der Waals surface area contributed by atoms with Crippen LogP contribution in [0.1, 0.15) is 20.8 Å². The monoisotopic (exact) mass is 400 g/mol. The summed E-state index contributed by atoms with van der Waals surface area (Å²) in [5.41, 5.74) is -0.633. The van der Waals surface area contributed by atoms with Gasteiger partial charge in [-0.1, -0.05) is 0 Å². The summed E-state index contributed by atoms with van der Waals surface area (Å²) in [4.78, 5) is 15.3. The number of benzene rings is 1. The molecule has 2 aliphatic rings. The van der Waals surface area contributed by atoms with E-state index in [0.717, 1.165) is 11.5 Å². The topological polar surface area (TPSA) is 42.0 Å². The Kier molecular flexibility index (Phi) is 6.03. The van der Waals surface area contributed by atoms with Crippen molar-refractivity contribution in [1.82, 2.24) is 4.90 Å². The summed E-state index contributed by atoms with van der Waals surface area (Å²) in [6.45, 7) is 7.29. The maximum Gasteiger partial charge on any atom is 0.410 e. The van der Waals surface area contributed by atoms with Crippen molar-refractivity contribution in [3.63, 3.8) is 0 Å². The molecule has 1 aromatic rings. The van der Waals surface area contributed by atoms with Gasteiger partial charge in [-0.25, -0.2) is 13.6 Å². The lowest BCUT2D eigenvalue weighted by atomic mass is 10.2. The molecule has 0 aromatic heterocycles. The first-order valence-corrected chi connectivity index (χ1v) is 10.3. The highest BCUT2D eigenvalue weighted by Gasteiger charge is 2.28. The van der Waals surface area contributed by atoms with Crippen LogP contribution in [0.5, 0.6) is 5.75 Å². The molecule has 3 rings (SSSR count). The first-order valence-electron chi connectivity index (χ1n) is 9.15. The fraction of sp³-hybridized carbons (Fsp3) is 0.632. The van der Waals surface area contributed by atoms with Crippen molar-refractivity contribution in [2.75, 3.05) is 49.2 Å². The molecule has 150 valence electrons. The molecule has 0 atom stereocenters. The quantitative estimate of drug-likeness (QED) is 0.770. The fourth-order valence-corrected chi connectivity index (χ4v) is 3.72. The van der Waals surface area contributed by atoms with Gasteiger partial charge in [0.1, 0.15) is 17.0 Å². The maximum atomic E-state index is 14.5. The van der Waals surface area contributed by atoms with Gasteiger partial charge in [-0.05, 0) is 20.8 Å². The van der Waals surface area contributed by atoms with Crippen LogP contribution in [0.25, 0.3) is 0 Å². The highest BCUT2D eigenvalue weighted by molar-refractivity contribution is 8.00. The summed E-state index contributed by atoms with van der Waals surface area (Å²) >= 11 is 1.84. The van der Waals surface area contributed by atoms with E-state index in [4.69, 9.17) is 9.47 Å². The Labute approximate surface area is 163 Å². The second kappa shape index (κ2) is 8.12. The van der Waals surface area contributed by atoms with E-state index in [2.05, 4.69) is 0 Å². The molecule has 0 radical (unpaired) electrons. The first-order chi connectivity index (χ1) is 12.7. The number of thioether (sulfide) groups is 1. The van der Waals surface area contributed by atoms with Gasteiger partial charge in [0.15, 0.2) is 11.6 Å². The summed E-state index contributed by atoms with van der Waals surface area (Å²) in [6, 6.07) is 2.48. The van der Waals surface area contributed by atoms with Crippen molar-refractivity contribution in [2.45, 2.75) is 26.4 Å². The van der Waals surface area contributed by atoms with Gasteiger partial charge in [0, 0.05) is 55.7 Å². The van der Waals surface area contributed by atoms with Crippen LogP contribution in [0.15, 0.2) is 12.1 Å². The molecule has 0 bridgehead atoms. The van der Waals surface area contributed by atoms with E-state index in [-0.39, 0.29) is 11.4 Å². The zero-order valence-corrected chi connectivity index (χ0v) is 16.8. The molecule has 8 heteroatoms. The molecule has 5 nitrogen and oxygen atoms in total. The van der Waals surface area contributed by atoms with Crippen molar-refractivity contribution in [3.8, 4) is 5.75 Å².